The van der Waals surface area contributed by atoms with Gasteiger partial charge in [0, 0.05) is 11.8 Å². The molecule has 0 heterocycles. The van der Waals surface area contributed by atoms with Gasteiger partial charge in [-0.2, -0.15) is 0 Å². The Morgan fingerprint density at radius 2 is 1.69 bits per heavy atom. The topological polar surface area (TPSA) is 108 Å². The van der Waals surface area contributed by atoms with Crippen molar-refractivity contribution in [2.45, 2.75) is 32.6 Å². The van der Waals surface area contributed by atoms with Crippen LogP contribution in [-0.4, -0.2) is 16.5 Å². The molecule has 8 nitrogen and oxygen atoms in total. The second-order valence-corrected chi connectivity index (χ2v) is 5.77. The summed E-state index contributed by atoms with van der Waals surface area (Å²) in [5.41, 5.74) is 0.138. The molecule has 0 aliphatic rings. The molecule has 26 heavy (non-hydrogen) atoms. The number of unbranched alkanes of at least 4 members (excludes halogenated alkanes) is 3. The molecule has 0 amide bonds. The average molecular weight is 359 g/mol. The summed E-state index contributed by atoms with van der Waals surface area (Å²) in [5.74, 6) is 0.727. The van der Waals surface area contributed by atoms with Gasteiger partial charge in [-0.25, -0.2) is 0 Å². The lowest BCUT2D eigenvalue weighted by molar-refractivity contribution is -0.393. The molecule has 2 aromatic carbocycles. The van der Waals surface area contributed by atoms with Crippen LogP contribution in [0.2, 0.25) is 0 Å². The zero-order valence-electron chi connectivity index (χ0n) is 14.5. The SMILES string of the molecule is CCCCCCOc1ccc(Nc2ccc([N+](=O)[O-])cc2[N+](=O)[O-])cc1. The lowest BCUT2D eigenvalue weighted by atomic mass is 10.2. The molecule has 1 N–H and O–H groups in total. The van der Waals surface area contributed by atoms with E-state index in [4.69, 9.17) is 4.74 Å². The summed E-state index contributed by atoms with van der Waals surface area (Å²) in [6.07, 6.45) is 4.51. The van der Waals surface area contributed by atoms with Crippen molar-refractivity contribution in [3.05, 3.63) is 62.7 Å². The van der Waals surface area contributed by atoms with Crippen molar-refractivity contribution >= 4 is 22.7 Å². The molecule has 8 heteroatoms. The van der Waals surface area contributed by atoms with Crippen molar-refractivity contribution in [1.82, 2.24) is 0 Å². The Labute approximate surface area is 151 Å². The van der Waals surface area contributed by atoms with Crippen LogP contribution in [0, 0.1) is 20.2 Å². The average Bonchev–Trinajstić information content (AvgIpc) is 2.63. The number of benzene rings is 2. The normalized spacial score (nSPS) is 10.3. The summed E-state index contributed by atoms with van der Waals surface area (Å²) in [5, 5.41) is 24.8. The van der Waals surface area contributed by atoms with E-state index < -0.39 is 9.85 Å². The van der Waals surface area contributed by atoms with Gasteiger partial charge in [0.1, 0.15) is 11.4 Å². The molecule has 0 spiro atoms. The van der Waals surface area contributed by atoms with Gasteiger partial charge in [0.05, 0.1) is 22.5 Å². The van der Waals surface area contributed by atoms with E-state index in [1.165, 1.54) is 25.0 Å². The summed E-state index contributed by atoms with van der Waals surface area (Å²) in [6.45, 7) is 2.81. The Morgan fingerprint density at radius 3 is 2.31 bits per heavy atom. The molecule has 2 aromatic rings. The molecule has 0 saturated heterocycles. The first-order chi connectivity index (χ1) is 12.5. The number of anilines is 2. The van der Waals surface area contributed by atoms with Gasteiger partial charge >= 0.3 is 0 Å². The summed E-state index contributed by atoms with van der Waals surface area (Å²) >= 11 is 0. The van der Waals surface area contributed by atoms with Crippen LogP contribution in [0.5, 0.6) is 5.75 Å². The lowest BCUT2D eigenvalue weighted by Crippen LogP contribution is -1.99. The van der Waals surface area contributed by atoms with Gasteiger partial charge in [-0.05, 0) is 36.8 Å². The Kier molecular flexibility index (Phi) is 6.90. The molecule has 2 rings (SSSR count). The highest BCUT2D eigenvalue weighted by Crippen LogP contribution is 2.31. The molecule has 138 valence electrons. The predicted molar refractivity (Wildman–Crippen MR) is 99.1 cm³/mol. The maximum atomic E-state index is 11.2. The minimum Gasteiger partial charge on any atom is -0.494 e. The van der Waals surface area contributed by atoms with Crippen molar-refractivity contribution in [3.8, 4) is 5.75 Å². The standard InChI is InChI=1S/C18H21N3O5/c1-2-3-4-5-12-26-16-9-6-14(7-10-16)19-17-11-8-15(20(22)23)13-18(17)21(24)25/h6-11,13,19H,2-5,12H2,1H3. The fourth-order valence-electron chi connectivity index (χ4n) is 2.40. The quantitative estimate of drug-likeness (QED) is 0.354. The van der Waals surface area contributed by atoms with Crippen LogP contribution in [-0.2, 0) is 0 Å². The number of rotatable bonds is 10. The van der Waals surface area contributed by atoms with Gasteiger partial charge in [0.25, 0.3) is 11.4 Å². The summed E-state index contributed by atoms with van der Waals surface area (Å²) in [4.78, 5) is 20.6. The molecule has 0 aliphatic heterocycles. The fraction of sp³-hybridized carbons (Fsp3) is 0.333. The van der Waals surface area contributed by atoms with Crippen molar-refractivity contribution in [2.75, 3.05) is 11.9 Å². The van der Waals surface area contributed by atoms with Gasteiger partial charge in [-0.3, -0.25) is 20.2 Å². The lowest BCUT2D eigenvalue weighted by Gasteiger charge is -2.09. The highest BCUT2D eigenvalue weighted by atomic mass is 16.6. The Balaban J connectivity index is 2.02. The van der Waals surface area contributed by atoms with E-state index in [1.54, 1.807) is 24.3 Å². The molecule has 0 aliphatic carbocycles. The van der Waals surface area contributed by atoms with Crippen LogP contribution >= 0.6 is 0 Å². The number of hydrogen-bond acceptors (Lipinski definition) is 6. The maximum Gasteiger partial charge on any atom is 0.299 e. The van der Waals surface area contributed by atoms with Gasteiger partial charge in [-0.1, -0.05) is 26.2 Å². The number of hydrogen-bond donors (Lipinski definition) is 1. The fourth-order valence-corrected chi connectivity index (χ4v) is 2.40. The third-order valence-corrected chi connectivity index (χ3v) is 3.79. The number of ether oxygens (including phenoxy) is 1. The third-order valence-electron chi connectivity index (χ3n) is 3.79. The van der Waals surface area contributed by atoms with E-state index in [-0.39, 0.29) is 17.1 Å². The molecule has 0 radical (unpaired) electrons. The van der Waals surface area contributed by atoms with Crippen LogP contribution in [0.4, 0.5) is 22.7 Å². The van der Waals surface area contributed by atoms with E-state index in [0.717, 1.165) is 24.7 Å². The van der Waals surface area contributed by atoms with E-state index in [0.29, 0.717) is 12.3 Å². The van der Waals surface area contributed by atoms with Gasteiger partial charge in [-0.15, -0.1) is 0 Å². The molecule has 0 bridgehead atoms. The first kappa shape index (κ1) is 19.2. The van der Waals surface area contributed by atoms with Gasteiger partial charge < -0.3 is 10.1 Å². The second kappa shape index (κ2) is 9.36. The summed E-state index contributed by atoms with van der Waals surface area (Å²) in [6, 6.07) is 10.5. The van der Waals surface area contributed by atoms with Crippen LogP contribution in [0.1, 0.15) is 32.6 Å². The van der Waals surface area contributed by atoms with Crippen LogP contribution in [0.25, 0.3) is 0 Å². The molecule has 0 fully saturated rings. The highest BCUT2D eigenvalue weighted by Gasteiger charge is 2.19. The smallest absolute Gasteiger partial charge is 0.299 e. The third kappa shape index (κ3) is 5.44. The predicted octanol–water partition coefficient (Wildman–Crippen LogP) is 5.21. The van der Waals surface area contributed by atoms with Crippen molar-refractivity contribution in [3.63, 3.8) is 0 Å². The molecule has 0 saturated carbocycles. The summed E-state index contributed by atoms with van der Waals surface area (Å²) in [7, 11) is 0. The molecule has 0 unspecified atom stereocenters. The van der Waals surface area contributed by atoms with E-state index in [1.807, 2.05) is 0 Å². The van der Waals surface area contributed by atoms with Gasteiger partial charge in [0.2, 0.25) is 0 Å². The second-order valence-electron chi connectivity index (χ2n) is 5.77. The van der Waals surface area contributed by atoms with E-state index in [2.05, 4.69) is 12.2 Å². The molecule has 0 aromatic heterocycles. The number of nitrogens with zero attached hydrogens (tertiary/aromatic N) is 2. The molecule has 0 atom stereocenters. The Hall–Kier alpha value is -3.16. The zero-order valence-corrected chi connectivity index (χ0v) is 14.5. The van der Waals surface area contributed by atoms with Crippen molar-refractivity contribution in [1.29, 1.82) is 0 Å². The number of nitrogens with one attached hydrogen (secondary N) is 1. The first-order valence-electron chi connectivity index (χ1n) is 8.44. The van der Waals surface area contributed by atoms with Crippen LogP contribution < -0.4 is 10.1 Å². The van der Waals surface area contributed by atoms with Crippen molar-refractivity contribution < 1.29 is 14.6 Å². The minimum absolute atomic E-state index is 0.189. The zero-order chi connectivity index (χ0) is 18.9. The molecular formula is C18H21N3O5. The van der Waals surface area contributed by atoms with Crippen LogP contribution in [0.3, 0.4) is 0 Å². The minimum atomic E-state index is -0.663. The number of nitro groups is 2. The number of non-ortho nitro benzene ring substituents is 1. The summed E-state index contributed by atoms with van der Waals surface area (Å²) < 4.78 is 5.65. The van der Waals surface area contributed by atoms with Crippen molar-refractivity contribution in [2.24, 2.45) is 0 Å². The number of nitro benzene ring substituents is 2. The largest absolute Gasteiger partial charge is 0.494 e. The Morgan fingerprint density at radius 1 is 0.962 bits per heavy atom. The molecular weight excluding hydrogens is 338 g/mol. The maximum absolute atomic E-state index is 11.2. The van der Waals surface area contributed by atoms with E-state index >= 15 is 0 Å². The van der Waals surface area contributed by atoms with E-state index in [9.17, 15) is 20.2 Å². The van der Waals surface area contributed by atoms with Crippen LogP contribution in [0.15, 0.2) is 42.5 Å². The van der Waals surface area contributed by atoms with Gasteiger partial charge in [0.15, 0.2) is 0 Å². The first-order valence-corrected chi connectivity index (χ1v) is 8.44. The Bertz CT molecular complexity index is 762. The highest BCUT2D eigenvalue weighted by molar-refractivity contribution is 5.71. The monoisotopic (exact) mass is 359 g/mol.